The molecule has 3 aromatic rings. The first-order chi connectivity index (χ1) is 15.6. The zero-order valence-electron chi connectivity index (χ0n) is 18.3. The van der Waals surface area contributed by atoms with Crippen LogP contribution in [0.1, 0.15) is 26.2 Å². The van der Waals surface area contributed by atoms with E-state index in [4.69, 9.17) is 9.73 Å². The molecule has 0 saturated carbocycles. The lowest BCUT2D eigenvalue weighted by molar-refractivity contribution is 0.0730. The van der Waals surface area contributed by atoms with Crippen LogP contribution in [-0.2, 0) is 21.3 Å². The van der Waals surface area contributed by atoms with Gasteiger partial charge in [0.05, 0.1) is 29.5 Å². The predicted molar refractivity (Wildman–Crippen MR) is 129 cm³/mol. The third kappa shape index (κ3) is 5.20. The van der Waals surface area contributed by atoms with E-state index in [-0.39, 0.29) is 0 Å². The molecule has 32 heavy (non-hydrogen) atoms. The van der Waals surface area contributed by atoms with Crippen molar-refractivity contribution in [2.45, 2.75) is 37.6 Å². The Hall–Kier alpha value is -2.26. The highest BCUT2D eigenvalue weighted by Gasteiger charge is 2.26. The van der Waals surface area contributed by atoms with E-state index in [0.29, 0.717) is 31.2 Å². The number of para-hydroxylation sites is 1. The minimum absolute atomic E-state index is 0.324. The molecule has 2 aromatic carbocycles. The average molecular weight is 472 g/mol. The lowest BCUT2D eigenvalue weighted by Gasteiger charge is -2.26. The third-order valence-corrected chi connectivity index (χ3v) is 8.26. The fourth-order valence-corrected chi connectivity index (χ4v) is 6.16. The highest BCUT2D eigenvalue weighted by atomic mass is 32.2. The van der Waals surface area contributed by atoms with Crippen LogP contribution in [-0.4, -0.2) is 43.6 Å². The number of aromatic nitrogens is 1. The minimum Gasteiger partial charge on any atom is -0.379 e. The van der Waals surface area contributed by atoms with Crippen LogP contribution < -0.4 is 4.80 Å². The van der Waals surface area contributed by atoms with Gasteiger partial charge in [-0.2, -0.15) is 4.31 Å². The molecule has 0 aliphatic carbocycles. The summed E-state index contributed by atoms with van der Waals surface area (Å²) in [6, 6.07) is 17.2. The highest BCUT2D eigenvalue weighted by Crippen LogP contribution is 2.26. The van der Waals surface area contributed by atoms with Crippen LogP contribution in [0.2, 0.25) is 0 Å². The Morgan fingerprint density at radius 3 is 2.56 bits per heavy atom. The molecule has 170 valence electrons. The Morgan fingerprint density at radius 2 is 1.81 bits per heavy atom. The maximum atomic E-state index is 13.2. The van der Waals surface area contributed by atoms with Crippen LogP contribution in [0.5, 0.6) is 0 Å². The van der Waals surface area contributed by atoms with Gasteiger partial charge in [-0.1, -0.05) is 50.1 Å². The fourth-order valence-electron chi connectivity index (χ4n) is 3.75. The topological polar surface area (TPSA) is 63.9 Å². The Kier molecular flexibility index (Phi) is 7.57. The molecule has 0 amide bonds. The number of hydrogen-bond donors (Lipinski definition) is 0. The number of thiazole rings is 1. The van der Waals surface area contributed by atoms with Gasteiger partial charge in [-0.25, -0.2) is 13.4 Å². The molecule has 1 aliphatic heterocycles. The van der Waals surface area contributed by atoms with Crippen molar-refractivity contribution >= 4 is 27.0 Å². The average Bonchev–Trinajstić information content (AvgIpc) is 3.23. The molecule has 0 radical (unpaired) electrons. The fraction of sp³-hybridized carbons (Fsp3) is 0.375. The van der Waals surface area contributed by atoms with Gasteiger partial charge in [0.1, 0.15) is 0 Å². The molecular formula is C24H29N3O3S2. The van der Waals surface area contributed by atoms with Gasteiger partial charge in [0.15, 0.2) is 4.80 Å². The molecule has 0 spiro atoms. The zero-order valence-corrected chi connectivity index (χ0v) is 19.9. The van der Waals surface area contributed by atoms with Crippen LogP contribution in [0.4, 0.5) is 5.69 Å². The van der Waals surface area contributed by atoms with E-state index in [9.17, 15) is 8.42 Å². The van der Waals surface area contributed by atoms with Gasteiger partial charge in [0.25, 0.3) is 0 Å². The maximum Gasteiger partial charge on any atom is 0.243 e. The number of hydrogen-bond acceptors (Lipinski definition) is 5. The zero-order chi connectivity index (χ0) is 22.4. The maximum absolute atomic E-state index is 13.2. The normalized spacial score (nSPS) is 15.8. The van der Waals surface area contributed by atoms with Gasteiger partial charge in [-0.15, -0.1) is 11.3 Å². The molecule has 1 saturated heterocycles. The van der Waals surface area contributed by atoms with Crippen molar-refractivity contribution in [2.24, 2.45) is 4.99 Å². The first kappa shape index (κ1) is 22.9. The summed E-state index contributed by atoms with van der Waals surface area (Å²) in [6.07, 6.45) is 3.32. The SMILES string of the molecule is CCCCCn1c(-c2cccc(S(=O)(=O)N3CCOCC3)c2)csc1=Nc1ccccc1. The van der Waals surface area contributed by atoms with E-state index >= 15 is 0 Å². The summed E-state index contributed by atoms with van der Waals surface area (Å²) in [5.41, 5.74) is 2.80. The molecule has 8 heteroatoms. The van der Waals surface area contributed by atoms with E-state index in [2.05, 4.69) is 16.9 Å². The van der Waals surface area contributed by atoms with Gasteiger partial charge in [-0.3, -0.25) is 0 Å². The second kappa shape index (κ2) is 10.6. The molecule has 0 unspecified atom stereocenters. The van der Waals surface area contributed by atoms with Crippen LogP contribution >= 0.6 is 11.3 Å². The van der Waals surface area contributed by atoms with Crippen molar-refractivity contribution in [3.8, 4) is 11.3 Å². The van der Waals surface area contributed by atoms with E-state index in [1.807, 2.05) is 42.5 Å². The van der Waals surface area contributed by atoms with Crippen LogP contribution in [0.25, 0.3) is 11.3 Å². The number of unbranched alkanes of at least 4 members (excludes halogenated alkanes) is 2. The van der Waals surface area contributed by atoms with Crippen molar-refractivity contribution in [2.75, 3.05) is 26.3 Å². The van der Waals surface area contributed by atoms with Gasteiger partial charge in [-0.05, 0) is 30.7 Å². The molecule has 4 rings (SSSR count). The molecule has 1 aromatic heterocycles. The standard InChI is InChI=1S/C24H29N3O3S2/c1-2-3-7-13-27-23(19-31-24(27)25-21-10-5-4-6-11-21)20-9-8-12-22(18-20)32(28,29)26-14-16-30-17-15-26/h4-6,8-12,18-19H,2-3,7,13-17H2,1H3. The third-order valence-electron chi connectivity index (χ3n) is 5.50. The van der Waals surface area contributed by atoms with Crippen LogP contribution in [0.3, 0.4) is 0 Å². The summed E-state index contributed by atoms with van der Waals surface area (Å²) in [5.74, 6) is 0. The van der Waals surface area contributed by atoms with Crippen LogP contribution in [0.15, 0.2) is 69.9 Å². The van der Waals surface area contributed by atoms with Gasteiger partial charge in [0.2, 0.25) is 10.0 Å². The van der Waals surface area contributed by atoms with Crippen molar-refractivity contribution in [1.29, 1.82) is 0 Å². The molecular weight excluding hydrogens is 442 g/mol. The Balaban J connectivity index is 1.73. The highest BCUT2D eigenvalue weighted by molar-refractivity contribution is 7.89. The summed E-state index contributed by atoms with van der Waals surface area (Å²) < 4.78 is 35.4. The first-order valence-corrected chi connectivity index (χ1v) is 13.4. The Bertz CT molecular complexity index is 1190. The van der Waals surface area contributed by atoms with Crippen molar-refractivity contribution in [3.63, 3.8) is 0 Å². The van der Waals surface area contributed by atoms with Crippen molar-refractivity contribution in [3.05, 3.63) is 64.8 Å². The van der Waals surface area contributed by atoms with E-state index in [1.54, 1.807) is 23.5 Å². The second-order valence-corrected chi connectivity index (χ2v) is 10.5. The van der Waals surface area contributed by atoms with Gasteiger partial charge in [0, 0.05) is 30.6 Å². The summed E-state index contributed by atoms with van der Waals surface area (Å²) >= 11 is 1.59. The number of rotatable bonds is 8. The number of morpholine rings is 1. The minimum atomic E-state index is -3.54. The summed E-state index contributed by atoms with van der Waals surface area (Å²) in [6.45, 7) is 4.69. The molecule has 0 atom stereocenters. The monoisotopic (exact) mass is 471 g/mol. The molecule has 6 nitrogen and oxygen atoms in total. The number of sulfonamides is 1. The van der Waals surface area contributed by atoms with E-state index in [1.165, 1.54) is 4.31 Å². The summed E-state index contributed by atoms with van der Waals surface area (Å²) in [4.78, 5) is 6.10. The van der Waals surface area contributed by atoms with Crippen molar-refractivity contribution < 1.29 is 13.2 Å². The second-order valence-electron chi connectivity index (χ2n) is 7.75. The smallest absolute Gasteiger partial charge is 0.243 e. The quantitative estimate of drug-likeness (QED) is 0.449. The largest absolute Gasteiger partial charge is 0.379 e. The van der Waals surface area contributed by atoms with E-state index < -0.39 is 10.0 Å². The first-order valence-electron chi connectivity index (χ1n) is 11.1. The number of nitrogens with zero attached hydrogens (tertiary/aromatic N) is 3. The van der Waals surface area contributed by atoms with Crippen molar-refractivity contribution in [1.82, 2.24) is 8.87 Å². The van der Waals surface area contributed by atoms with Crippen LogP contribution in [0, 0.1) is 0 Å². The molecule has 2 heterocycles. The lowest BCUT2D eigenvalue weighted by atomic mass is 10.1. The van der Waals surface area contributed by atoms with Gasteiger partial charge < -0.3 is 9.30 Å². The summed E-state index contributed by atoms with van der Waals surface area (Å²) in [5, 5.41) is 2.08. The lowest BCUT2D eigenvalue weighted by Crippen LogP contribution is -2.40. The predicted octanol–water partition coefficient (Wildman–Crippen LogP) is 4.66. The Labute approximate surface area is 193 Å². The number of ether oxygens (including phenoxy) is 1. The molecule has 0 bridgehead atoms. The molecule has 0 N–H and O–H groups in total. The Morgan fingerprint density at radius 1 is 1.03 bits per heavy atom. The van der Waals surface area contributed by atoms with E-state index in [0.717, 1.165) is 47.6 Å². The molecule has 1 aliphatic rings. The number of benzene rings is 2. The van der Waals surface area contributed by atoms with Gasteiger partial charge >= 0.3 is 0 Å². The molecule has 1 fully saturated rings. The summed E-state index contributed by atoms with van der Waals surface area (Å²) in [7, 11) is -3.54.